The van der Waals surface area contributed by atoms with Crippen molar-refractivity contribution in [1.29, 1.82) is 0 Å². The van der Waals surface area contributed by atoms with Crippen molar-refractivity contribution in [2.75, 3.05) is 0 Å². The maximum absolute atomic E-state index is 13.1. The molecule has 5 nitrogen and oxygen atoms in total. The van der Waals surface area contributed by atoms with Crippen molar-refractivity contribution in [3.8, 4) is 5.75 Å². The Morgan fingerprint density at radius 2 is 1.86 bits per heavy atom. The summed E-state index contributed by atoms with van der Waals surface area (Å²) in [6, 6.07) is 12.1. The van der Waals surface area contributed by atoms with Crippen LogP contribution < -0.4 is 9.50 Å². The normalized spacial score (nSPS) is 28.5. The molecule has 4 rings (SSSR count). The molecule has 0 unspecified atom stereocenters. The summed E-state index contributed by atoms with van der Waals surface area (Å²) in [6.07, 6.45) is 1.98. The molecule has 1 aliphatic heterocycles. The maximum Gasteiger partial charge on any atom is 0.534 e. The highest BCUT2D eigenvalue weighted by atomic mass is 127. The number of fused-ring (bicyclic) bond motifs is 1. The number of hydrogen-bond acceptors (Lipinski definition) is 4. The summed E-state index contributed by atoms with van der Waals surface area (Å²) in [5, 5.41) is 3.26. The molecule has 36 heavy (non-hydrogen) atoms. The lowest BCUT2D eigenvalue weighted by Gasteiger charge is -2.47. The van der Waals surface area contributed by atoms with Crippen LogP contribution in [0.2, 0.25) is 5.02 Å². The van der Waals surface area contributed by atoms with Gasteiger partial charge in [-0.3, -0.25) is 4.79 Å². The number of carbonyl (C=O) groups is 1. The van der Waals surface area contributed by atoms with Crippen molar-refractivity contribution in [2.45, 2.75) is 60.9 Å². The number of hydrogen-bond donors (Lipinski definition) is 1. The lowest BCUT2D eigenvalue weighted by molar-refractivity contribution is -0.131. The minimum atomic E-state index is -5.81. The molecular formula is C25H26ClF3INO4S. The van der Waals surface area contributed by atoms with Gasteiger partial charge in [-0.15, -0.1) is 0 Å². The Kier molecular flexibility index (Phi) is 7.62. The molecule has 0 radical (unpaired) electrons. The van der Waals surface area contributed by atoms with Gasteiger partial charge in [0.15, 0.2) is 0 Å². The number of halogens is 5. The maximum atomic E-state index is 13.1. The second-order valence-corrected chi connectivity index (χ2v) is 12.2. The third-order valence-electron chi connectivity index (χ3n) is 7.72. The topological polar surface area (TPSA) is 72.5 Å². The Morgan fingerprint density at radius 1 is 1.19 bits per heavy atom. The quantitative estimate of drug-likeness (QED) is 0.163. The van der Waals surface area contributed by atoms with E-state index in [0.29, 0.717) is 24.8 Å². The first-order valence-corrected chi connectivity index (χ1v) is 14.9. The fraction of sp³-hybridized carbons (Fsp3) is 0.480. The minimum Gasteiger partial charge on any atom is -0.376 e. The van der Waals surface area contributed by atoms with E-state index in [1.807, 2.05) is 13.8 Å². The van der Waals surface area contributed by atoms with Crippen molar-refractivity contribution in [2.24, 2.45) is 11.3 Å². The molecule has 0 bridgehead atoms. The summed E-state index contributed by atoms with van der Waals surface area (Å²) in [7, 11) is -5.81. The van der Waals surface area contributed by atoms with Gasteiger partial charge in [-0.1, -0.05) is 71.4 Å². The second kappa shape index (κ2) is 9.98. The molecule has 2 fully saturated rings. The van der Waals surface area contributed by atoms with Crippen LogP contribution in [-0.2, 0) is 19.3 Å². The summed E-state index contributed by atoms with van der Waals surface area (Å²) >= 11 is 8.84. The smallest absolute Gasteiger partial charge is 0.376 e. The Labute approximate surface area is 227 Å². The predicted octanol–water partition coefficient (Wildman–Crippen LogP) is 6.70. The fourth-order valence-electron chi connectivity index (χ4n) is 6.07. The average Bonchev–Trinajstić information content (AvgIpc) is 3.08. The monoisotopic (exact) mass is 655 g/mol. The average molecular weight is 656 g/mol. The van der Waals surface area contributed by atoms with Gasteiger partial charge < -0.3 is 9.50 Å². The number of benzene rings is 2. The Hall–Kier alpha value is -1.53. The van der Waals surface area contributed by atoms with Crippen LogP contribution in [-0.4, -0.2) is 25.9 Å². The largest absolute Gasteiger partial charge is 0.534 e. The predicted molar refractivity (Wildman–Crippen MR) is 140 cm³/mol. The molecule has 5 atom stereocenters. The molecule has 0 aromatic heterocycles. The molecule has 2 aromatic rings. The van der Waals surface area contributed by atoms with Crippen LogP contribution in [0, 0.1) is 11.3 Å². The Bertz CT molecular complexity index is 1250. The van der Waals surface area contributed by atoms with Gasteiger partial charge in [0.2, 0.25) is 5.91 Å². The van der Waals surface area contributed by atoms with E-state index in [1.165, 1.54) is 17.7 Å². The van der Waals surface area contributed by atoms with Crippen LogP contribution in [0.1, 0.15) is 61.6 Å². The highest BCUT2D eigenvalue weighted by Crippen LogP contribution is 2.60. The van der Waals surface area contributed by atoms with Crippen LogP contribution in [0.15, 0.2) is 42.5 Å². The van der Waals surface area contributed by atoms with E-state index in [9.17, 15) is 26.4 Å². The van der Waals surface area contributed by atoms with Gasteiger partial charge in [-0.2, -0.15) is 21.6 Å². The van der Waals surface area contributed by atoms with Crippen LogP contribution in [0.5, 0.6) is 5.75 Å². The standard InChI is InChI=1S/C25H26ClF3INO4S/c1-3-24-11-10-19(18-9-8-17(12-20(18)26)35-36(33,34)25(27,28)29)21(22(24)14(2)31-23(24)32)16-6-4-15(13-30)5-7-16/h4-9,12,14,19,21-22H,3,10-11,13H2,1-2H3,(H,31,32)/t14-,19+,21+,22+,24-/m1/s1. The van der Waals surface area contributed by atoms with Gasteiger partial charge in [0.1, 0.15) is 5.75 Å². The number of nitrogens with one attached hydrogen (secondary N) is 1. The summed E-state index contributed by atoms with van der Waals surface area (Å²) in [5.74, 6) is -0.678. The number of carbonyl (C=O) groups excluding carboxylic acids is 1. The molecule has 11 heteroatoms. The van der Waals surface area contributed by atoms with Gasteiger partial charge >= 0.3 is 15.6 Å². The Balaban J connectivity index is 1.77. The van der Waals surface area contributed by atoms with Crippen molar-refractivity contribution in [1.82, 2.24) is 5.32 Å². The van der Waals surface area contributed by atoms with Gasteiger partial charge in [0.05, 0.1) is 5.41 Å². The first kappa shape index (κ1) is 27.5. The SMILES string of the molecule is CC[C@@]12CC[C@@H](c3ccc(OS(=O)(=O)C(F)(F)F)cc3Cl)[C@H](c3ccc(CI)cc3)[C@@H]1[C@@H](C)NC2=O. The molecular weight excluding hydrogens is 630 g/mol. The molecule has 1 heterocycles. The zero-order valence-electron chi connectivity index (χ0n) is 19.6. The molecule has 1 aliphatic carbocycles. The van der Waals surface area contributed by atoms with Crippen LogP contribution in [0.3, 0.4) is 0 Å². The third kappa shape index (κ3) is 4.73. The summed E-state index contributed by atoms with van der Waals surface area (Å²) in [5.41, 5.74) is -3.13. The number of amides is 1. The van der Waals surface area contributed by atoms with Gasteiger partial charge in [0.25, 0.3) is 0 Å². The van der Waals surface area contributed by atoms with Crippen molar-refractivity contribution >= 4 is 50.2 Å². The van der Waals surface area contributed by atoms with Crippen LogP contribution >= 0.6 is 34.2 Å². The molecule has 2 aromatic carbocycles. The van der Waals surface area contributed by atoms with E-state index in [-0.39, 0.29) is 34.7 Å². The van der Waals surface area contributed by atoms with E-state index >= 15 is 0 Å². The summed E-state index contributed by atoms with van der Waals surface area (Å²) in [6.45, 7) is 4.04. The molecule has 1 N–H and O–H groups in total. The Morgan fingerprint density at radius 3 is 2.42 bits per heavy atom. The molecule has 1 saturated heterocycles. The zero-order valence-corrected chi connectivity index (χ0v) is 23.3. The molecule has 2 aliphatic rings. The number of rotatable bonds is 6. The van der Waals surface area contributed by atoms with E-state index < -0.39 is 26.8 Å². The first-order valence-electron chi connectivity index (χ1n) is 11.6. The number of alkyl halides is 4. The van der Waals surface area contributed by atoms with E-state index in [0.717, 1.165) is 16.1 Å². The highest BCUT2D eigenvalue weighted by Gasteiger charge is 2.59. The van der Waals surface area contributed by atoms with E-state index in [2.05, 4.69) is 56.4 Å². The van der Waals surface area contributed by atoms with Crippen molar-refractivity contribution in [3.05, 3.63) is 64.2 Å². The van der Waals surface area contributed by atoms with Crippen molar-refractivity contribution < 1.29 is 30.6 Å². The second-order valence-electron chi connectivity index (χ2n) is 9.51. The van der Waals surface area contributed by atoms with E-state index in [4.69, 9.17) is 11.6 Å². The molecule has 196 valence electrons. The lowest BCUT2D eigenvalue weighted by Crippen LogP contribution is -2.43. The lowest BCUT2D eigenvalue weighted by atomic mass is 9.54. The van der Waals surface area contributed by atoms with E-state index in [1.54, 1.807) is 0 Å². The van der Waals surface area contributed by atoms with Gasteiger partial charge in [-0.05, 0) is 60.8 Å². The molecule has 0 spiro atoms. The highest BCUT2D eigenvalue weighted by molar-refractivity contribution is 14.1. The molecule has 1 saturated carbocycles. The first-order chi connectivity index (χ1) is 16.8. The van der Waals surface area contributed by atoms with Crippen LogP contribution in [0.25, 0.3) is 0 Å². The van der Waals surface area contributed by atoms with Crippen molar-refractivity contribution in [3.63, 3.8) is 0 Å². The fourth-order valence-corrected chi connectivity index (χ4v) is 7.34. The summed E-state index contributed by atoms with van der Waals surface area (Å²) in [4.78, 5) is 13.1. The summed E-state index contributed by atoms with van der Waals surface area (Å²) < 4.78 is 66.3. The third-order valence-corrected chi connectivity index (χ3v) is 9.91. The zero-order chi connectivity index (χ0) is 26.5. The minimum absolute atomic E-state index is 0.0169. The molecule has 1 amide bonds. The van der Waals surface area contributed by atoms with Gasteiger partial charge in [-0.25, -0.2) is 0 Å². The van der Waals surface area contributed by atoms with Gasteiger partial charge in [0, 0.05) is 27.5 Å². The van der Waals surface area contributed by atoms with Crippen LogP contribution in [0.4, 0.5) is 13.2 Å².